The molecule has 20 heavy (non-hydrogen) atoms. The van der Waals surface area contributed by atoms with E-state index in [0.29, 0.717) is 11.9 Å². The zero-order chi connectivity index (χ0) is 13.9. The van der Waals surface area contributed by atoms with Gasteiger partial charge in [-0.25, -0.2) is 0 Å². The molecule has 2 atom stereocenters. The molecule has 0 aliphatic carbocycles. The average molecular weight is 272 g/mol. The number of benzene rings is 1. The molecule has 0 aromatic heterocycles. The van der Waals surface area contributed by atoms with Crippen LogP contribution in [0.2, 0.25) is 0 Å². The van der Waals surface area contributed by atoms with Crippen LogP contribution in [0.25, 0.3) is 0 Å². The second kappa shape index (κ2) is 5.96. The van der Waals surface area contributed by atoms with Crippen LogP contribution >= 0.6 is 0 Å². The number of hydrogen-bond donors (Lipinski definition) is 1. The lowest BCUT2D eigenvalue weighted by atomic mass is 9.98. The molecule has 1 N–H and O–H groups in total. The van der Waals surface area contributed by atoms with E-state index in [1.807, 2.05) is 0 Å². The largest absolute Gasteiger partial charge is 0.337 e. The Bertz CT molecular complexity index is 486. The predicted molar refractivity (Wildman–Crippen MR) is 80.4 cm³/mol. The van der Waals surface area contributed by atoms with E-state index in [4.69, 9.17) is 0 Å². The van der Waals surface area contributed by atoms with Crippen LogP contribution in [0.1, 0.15) is 43.7 Å². The summed E-state index contributed by atoms with van der Waals surface area (Å²) >= 11 is 0. The first kappa shape index (κ1) is 13.6. The van der Waals surface area contributed by atoms with Gasteiger partial charge in [0.2, 0.25) is 5.91 Å². The van der Waals surface area contributed by atoms with Crippen molar-refractivity contribution in [2.24, 2.45) is 0 Å². The Morgan fingerprint density at radius 3 is 2.80 bits per heavy atom. The maximum Gasteiger partial charge on any atom is 0.240 e. The van der Waals surface area contributed by atoms with Gasteiger partial charge in [0, 0.05) is 19.1 Å². The molecule has 1 saturated heterocycles. The number of nitrogens with zero attached hydrogens (tertiary/aromatic N) is 1. The summed E-state index contributed by atoms with van der Waals surface area (Å²) in [5.41, 5.74) is 2.73. The Morgan fingerprint density at radius 2 is 2.00 bits per heavy atom. The zero-order valence-corrected chi connectivity index (χ0v) is 12.3. The normalized spacial score (nSPS) is 26.8. The van der Waals surface area contributed by atoms with E-state index >= 15 is 0 Å². The molecule has 3 heteroatoms. The smallest absolute Gasteiger partial charge is 0.240 e. The molecule has 1 aromatic rings. The fraction of sp³-hybridized carbons (Fsp3) is 0.588. The van der Waals surface area contributed by atoms with Crippen molar-refractivity contribution in [3.05, 3.63) is 35.4 Å². The van der Waals surface area contributed by atoms with Crippen molar-refractivity contribution in [2.75, 3.05) is 6.54 Å². The van der Waals surface area contributed by atoms with Gasteiger partial charge in [0.15, 0.2) is 0 Å². The molecule has 1 amide bonds. The summed E-state index contributed by atoms with van der Waals surface area (Å²) in [4.78, 5) is 14.8. The standard InChI is InChI=1S/C17H24N2O/c1-13-6-4-10-16(18-13)17(20)19-11-5-9-14-7-2-3-8-15(14)12-19/h2-3,7-8,13,16,18H,4-6,9-12H2,1H3. The van der Waals surface area contributed by atoms with E-state index in [1.54, 1.807) is 0 Å². The first-order valence-electron chi connectivity index (χ1n) is 7.85. The van der Waals surface area contributed by atoms with Crippen molar-refractivity contribution in [3.8, 4) is 0 Å². The quantitative estimate of drug-likeness (QED) is 0.852. The van der Waals surface area contributed by atoms with Crippen LogP contribution < -0.4 is 5.32 Å². The average Bonchev–Trinajstić information content (AvgIpc) is 2.68. The van der Waals surface area contributed by atoms with Crippen molar-refractivity contribution >= 4 is 5.91 Å². The van der Waals surface area contributed by atoms with Crippen LogP contribution in [0.4, 0.5) is 0 Å². The topological polar surface area (TPSA) is 32.3 Å². The van der Waals surface area contributed by atoms with Crippen molar-refractivity contribution < 1.29 is 4.79 Å². The Labute approximate surface area is 121 Å². The molecular weight excluding hydrogens is 248 g/mol. The maximum absolute atomic E-state index is 12.7. The summed E-state index contributed by atoms with van der Waals surface area (Å²) < 4.78 is 0. The van der Waals surface area contributed by atoms with E-state index in [1.165, 1.54) is 17.5 Å². The number of piperidine rings is 1. The minimum atomic E-state index is 0.0315. The number of nitrogens with one attached hydrogen (secondary N) is 1. The third kappa shape index (κ3) is 2.88. The lowest BCUT2D eigenvalue weighted by Crippen LogP contribution is -2.51. The Kier molecular flexibility index (Phi) is 4.06. The van der Waals surface area contributed by atoms with Crippen molar-refractivity contribution in [1.82, 2.24) is 10.2 Å². The van der Waals surface area contributed by atoms with Gasteiger partial charge in [0.25, 0.3) is 0 Å². The number of carbonyl (C=O) groups is 1. The minimum absolute atomic E-state index is 0.0315. The second-order valence-electron chi connectivity index (χ2n) is 6.18. The van der Waals surface area contributed by atoms with Gasteiger partial charge in [0.05, 0.1) is 6.04 Å². The van der Waals surface area contributed by atoms with Crippen LogP contribution in [-0.4, -0.2) is 29.4 Å². The Hall–Kier alpha value is -1.35. The van der Waals surface area contributed by atoms with Crippen molar-refractivity contribution in [2.45, 2.75) is 57.7 Å². The lowest BCUT2D eigenvalue weighted by molar-refractivity contribution is -0.135. The van der Waals surface area contributed by atoms with E-state index in [-0.39, 0.29) is 6.04 Å². The SMILES string of the molecule is CC1CCCC(C(=O)N2CCCc3ccccc3C2)N1. The first-order valence-corrected chi connectivity index (χ1v) is 7.85. The zero-order valence-electron chi connectivity index (χ0n) is 12.3. The number of fused-ring (bicyclic) bond motifs is 1. The van der Waals surface area contributed by atoms with Crippen molar-refractivity contribution in [1.29, 1.82) is 0 Å². The van der Waals surface area contributed by atoms with E-state index < -0.39 is 0 Å². The molecule has 1 aromatic carbocycles. The van der Waals surface area contributed by atoms with Gasteiger partial charge in [-0.15, -0.1) is 0 Å². The van der Waals surface area contributed by atoms with E-state index in [9.17, 15) is 4.79 Å². The summed E-state index contributed by atoms with van der Waals surface area (Å²) in [6.45, 7) is 3.85. The van der Waals surface area contributed by atoms with Gasteiger partial charge in [-0.05, 0) is 50.2 Å². The van der Waals surface area contributed by atoms with Gasteiger partial charge in [-0.1, -0.05) is 24.3 Å². The van der Waals surface area contributed by atoms with Gasteiger partial charge in [0.1, 0.15) is 0 Å². The van der Waals surface area contributed by atoms with Gasteiger partial charge in [-0.2, -0.15) is 0 Å². The van der Waals surface area contributed by atoms with Crippen LogP contribution in [0.15, 0.2) is 24.3 Å². The molecule has 0 bridgehead atoms. The highest BCUT2D eigenvalue weighted by Crippen LogP contribution is 2.21. The number of amides is 1. The summed E-state index contributed by atoms with van der Waals surface area (Å²) in [5.74, 6) is 0.299. The molecule has 0 spiro atoms. The molecule has 2 aliphatic rings. The molecule has 108 valence electrons. The molecule has 1 fully saturated rings. The number of hydrogen-bond acceptors (Lipinski definition) is 2. The maximum atomic E-state index is 12.7. The molecule has 2 aliphatic heterocycles. The van der Waals surface area contributed by atoms with Gasteiger partial charge in [-0.3, -0.25) is 4.79 Å². The summed E-state index contributed by atoms with van der Waals surface area (Å²) in [6.07, 6.45) is 5.50. The summed E-state index contributed by atoms with van der Waals surface area (Å²) in [5, 5.41) is 3.47. The summed E-state index contributed by atoms with van der Waals surface area (Å²) in [6, 6.07) is 9.04. The fourth-order valence-electron chi connectivity index (χ4n) is 3.44. The van der Waals surface area contributed by atoms with Crippen LogP contribution in [-0.2, 0) is 17.8 Å². The number of carbonyl (C=O) groups excluding carboxylic acids is 1. The number of aryl methyl sites for hydroxylation is 1. The monoisotopic (exact) mass is 272 g/mol. The van der Waals surface area contributed by atoms with E-state index in [0.717, 1.165) is 38.8 Å². The molecular formula is C17H24N2O. The van der Waals surface area contributed by atoms with Gasteiger partial charge < -0.3 is 10.2 Å². The highest BCUT2D eigenvalue weighted by molar-refractivity contribution is 5.82. The molecule has 3 nitrogen and oxygen atoms in total. The molecule has 0 saturated carbocycles. The Balaban J connectivity index is 1.72. The number of rotatable bonds is 1. The molecule has 2 heterocycles. The highest BCUT2D eigenvalue weighted by Gasteiger charge is 2.29. The third-order valence-corrected chi connectivity index (χ3v) is 4.58. The third-order valence-electron chi connectivity index (χ3n) is 4.58. The minimum Gasteiger partial charge on any atom is -0.337 e. The van der Waals surface area contributed by atoms with Crippen LogP contribution in [0.5, 0.6) is 0 Å². The summed E-state index contributed by atoms with van der Waals surface area (Å²) in [7, 11) is 0. The lowest BCUT2D eigenvalue weighted by Gasteiger charge is -2.32. The van der Waals surface area contributed by atoms with Crippen molar-refractivity contribution in [3.63, 3.8) is 0 Å². The van der Waals surface area contributed by atoms with E-state index in [2.05, 4.69) is 41.4 Å². The van der Waals surface area contributed by atoms with Gasteiger partial charge >= 0.3 is 0 Å². The van der Waals surface area contributed by atoms with Crippen LogP contribution in [0, 0.1) is 0 Å². The molecule has 2 unspecified atom stereocenters. The molecule has 3 rings (SSSR count). The fourth-order valence-corrected chi connectivity index (χ4v) is 3.44. The van der Waals surface area contributed by atoms with Crippen LogP contribution in [0.3, 0.4) is 0 Å². The first-order chi connectivity index (χ1) is 9.74. The highest BCUT2D eigenvalue weighted by atomic mass is 16.2. The Morgan fingerprint density at radius 1 is 1.20 bits per heavy atom. The second-order valence-corrected chi connectivity index (χ2v) is 6.18. The predicted octanol–water partition coefficient (Wildman–Crippen LogP) is 2.49. The molecule has 0 radical (unpaired) electrons.